The van der Waals surface area contributed by atoms with Gasteiger partial charge in [0.1, 0.15) is 0 Å². The number of aryl methyl sites for hydroxylation is 1. The Balaban J connectivity index is 1.62. The van der Waals surface area contributed by atoms with E-state index in [-0.39, 0.29) is 0 Å². The van der Waals surface area contributed by atoms with Crippen LogP contribution in [0.1, 0.15) is 43.7 Å². The van der Waals surface area contributed by atoms with E-state index in [0.29, 0.717) is 6.10 Å². The van der Waals surface area contributed by atoms with E-state index in [4.69, 9.17) is 4.74 Å². The molecular formula is C16H25NO. The molecule has 0 aliphatic carbocycles. The average Bonchev–Trinajstić information content (AvgIpc) is 2.45. The molecular weight excluding hydrogens is 222 g/mol. The van der Waals surface area contributed by atoms with Crippen molar-refractivity contribution >= 4 is 0 Å². The molecule has 1 fully saturated rings. The second kappa shape index (κ2) is 7.55. The Kier molecular flexibility index (Phi) is 5.69. The van der Waals surface area contributed by atoms with Gasteiger partial charge in [-0.25, -0.2) is 0 Å². The van der Waals surface area contributed by atoms with E-state index in [0.717, 1.165) is 32.5 Å². The Morgan fingerprint density at radius 3 is 2.61 bits per heavy atom. The summed E-state index contributed by atoms with van der Waals surface area (Å²) in [6, 6.07) is 8.90. The van der Waals surface area contributed by atoms with Gasteiger partial charge in [-0.1, -0.05) is 31.2 Å². The van der Waals surface area contributed by atoms with Gasteiger partial charge in [-0.05, 0) is 49.8 Å². The molecule has 2 heteroatoms. The highest BCUT2D eigenvalue weighted by molar-refractivity contribution is 5.22. The Hall–Kier alpha value is -0.860. The predicted octanol–water partition coefficient (Wildman–Crippen LogP) is 3.30. The molecule has 0 spiro atoms. The van der Waals surface area contributed by atoms with E-state index in [1.54, 1.807) is 0 Å². The van der Waals surface area contributed by atoms with Crippen LogP contribution in [0.4, 0.5) is 0 Å². The normalized spacial score (nSPS) is 19.9. The number of hydrogen-bond acceptors (Lipinski definition) is 2. The van der Waals surface area contributed by atoms with Crippen LogP contribution in [0, 0.1) is 0 Å². The van der Waals surface area contributed by atoms with Crippen molar-refractivity contribution in [3.8, 4) is 0 Å². The van der Waals surface area contributed by atoms with E-state index >= 15 is 0 Å². The fourth-order valence-electron chi connectivity index (χ4n) is 2.42. The summed E-state index contributed by atoms with van der Waals surface area (Å²) in [5.74, 6) is 0. The van der Waals surface area contributed by atoms with Crippen molar-refractivity contribution in [3.05, 3.63) is 35.4 Å². The highest BCUT2D eigenvalue weighted by Crippen LogP contribution is 2.14. The Bertz CT molecular complexity index is 327. The van der Waals surface area contributed by atoms with Crippen LogP contribution in [0.25, 0.3) is 0 Å². The van der Waals surface area contributed by atoms with Gasteiger partial charge in [-0.3, -0.25) is 0 Å². The summed E-state index contributed by atoms with van der Waals surface area (Å²) < 4.78 is 5.72. The Labute approximate surface area is 111 Å². The largest absolute Gasteiger partial charge is 0.378 e. The lowest BCUT2D eigenvalue weighted by Crippen LogP contribution is -2.25. The van der Waals surface area contributed by atoms with Crippen LogP contribution in [0.3, 0.4) is 0 Å². The molecule has 1 aromatic rings. The number of ether oxygens (including phenoxy) is 1. The summed E-state index contributed by atoms with van der Waals surface area (Å²) in [7, 11) is 0. The second-order valence-electron chi connectivity index (χ2n) is 5.12. The van der Waals surface area contributed by atoms with Crippen molar-refractivity contribution in [1.29, 1.82) is 0 Å². The van der Waals surface area contributed by atoms with Crippen molar-refractivity contribution < 1.29 is 4.74 Å². The van der Waals surface area contributed by atoms with Crippen LogP contribution in [0.2, 0.25) is 0 Å². The first kappa shape index (κ1) is 13.6. The maximum Gasteiger partial charge on any atom is 0.0587 e. The molecule has 0 amide bonds. The zero-order valence-corrected chi connectivity index (χ0v) is 11.5. The summed E-state index contributed by atoms with van der Waals surface area (Å²) in [5, 5.41) is 3.51. The molecule has 1 saturated heterocycles. The van der Waals surface area contributed by atoms with Gasteiger partial charge in [0.15, 0.2) is 0 Å². The molecule has 2 nitrogen and oxygen atoms in total. The Morgan fingerprint density at radius 1 is 1.17 bits per heavy atom. The molecule has 100 valence electrons. The predicted molar refractivity (Wildman–Crippen MR) is 75.7 cm³/mol. The van der Waals surface area contributed by atoms with E-state index in [1.165, 1.54) is 30.4 Å². The van der Waals surface area contributed by atoms with Crippen molar-refractivity contribution in [3.63, 3.8) is 0 Å². The number of benzene rings is 1. The first-order chi connectivity index (χ1) is 8.88. The highest BCUT2D eigenvalue weighted by Gasteiger charge is 2.12. The van der Waals surface area contributed by atoms with Gasteiger partial charge in [0.25, 0.3) is 0 Å². The molecule has 1 heterocycles. The molecule has 1 aliphatic rings. The standard InChI is InChI=1S/C16H25NO/c1-2-14-6-8-15(9-7-14)13-17-11-10-16-5-3-4-12-18-16/h6-9,16-17H,2-5,10-13H2,1H3. The quantitative estimate of drug-likeness (QED) is 0.779. The molecule has 2 rings (SSSR count). The summed E-state index contributed by atoms with van der Waals surface area (Å²) in [6.45, 7) is 5.18. The highest BCUT2D eigenvalue weighted by atomic mass is 16.5. The van der Waals surface area contributed by atoms with Crippen LogP contribution >= 0.6 is 0 Å². The molecule has 1 aliphatic heterocycles. The van der Waals surface area contributed by atoms with Crippen molar-refractivity contribution in [1.82, 2.24) is 5.32 Å². The van der Waals surface area contributed by atoms with E-state index in [1.807, 2.05) is 0 Å². The summed E-state index contributed by atoms with van der Waals surface area (Å²) in [6.07, 6.45) is 6.58. The third-order valence-corrected chi connectivity index (χ3v) is 3.68. The first-order valence-corrected chi connectivity index (χ1v) is 7.28. The van der Waals surface area contributed by atoms with Crippen LogP contribution in [0.5, 0.6) is 0 Å². The van der Waals surface area contributed by atoms with Gasteiger partial charge in [0.2, 0.25) is 0 Å². The fourth-order valence-corrected chi connectivity index (χ4v) is 2.42. The lowest BCUT2D eigenvalue weighted by Gasteiger charge is -2.22. The average molecular weight is 247 g/mol. The minimum Gasteiger partial charge on any atom is -0.378 e. The van der Waals surface area contributed by atoms with E-state index in [2.05, 4.69) is 36.5 Å². The van der Waals surface area contributed by atoms with Crippen molar-refractivity contribution in [2.45, 2.75) is 51.7 Å². The van der Waals surface area contributed by atoms with Gasteiger partial charge in [0.05, 0.1) is 6.10 Å². The maximum atomic E-state index is 5.72. The molecule has 1 N–H and O–H groups in total. The fraction of sp³-hybridized carbons (Fsp3) is 0.625. The SMILES string of the molecule is CCc1ccc(CNCCC2CCCCO2)cc1. The molecule has 0 aromatic heterocycles. The molecule has 1 aromatic carbocycles. The summed E-state index contributed by atoms with van der Waals surface area (Å²) in [4.78, 5) is 0. The number of nitrogens with one attached hydrogen (secondary N) is 1. The summed E-state index contributed by atoms with van der Waals surface area (Å²) in [5.41, 5.74) is 2.78. The zero-order chi connectivity index (χ0) is 12.6. The molecule has 1 unspecified atom stereocenters. The van der Waals surface area contributed by atoms with Gasteiger partial charge in [0, 0.05) is 13.2 Å². The van der Waals surface area contributed by atoms with E-state index < -0.39 is 0 Å². The van der Waals surface area contributed by atoms with Crippen LogP contribution in [-0.2, 0) is 17.7 Å². The molecule has 0 radical (unpaired) electrons. The lowest BCUT2D eigenvalue weighted by molar-refractivity contribution is 0.0115. The lowest BCUT2D eigenvalue weighted by atomic mass is 10.1. The van der Waals surface area contributed by atoms with Crippen LogP contribution in [0.15, 0.2) is 24.3 Å². The van der Waals surface area contributed by atoms with Gasteiger partial charge in [-0.2, -0.15) is 0 Å². The van der Waals surface area contributed by atoms with Crippen LogP contribution < -0.4 is 5.32 Å². The molecule has 0 bridgehead atoms. The van der Waals surface area contributed by atoms with Gasteiger partial charge < -0.3 is 10.1 Å². The topological polar surface area (TPSA) is 21.3 Å². The smallest absolute Gasteiger partial charge is 0.0587 e. The van der Waals surface area contributed by atoms with E-state index in [9.17, 15) is 0 Å². The molecule has 1 atom stereocenters. The minimum absolute atomic E-state index is 0.494. The third kappa shape index (κ3) is 4.43. The monoisotopic (exact) mass is 247 g/mol. The van der Waals surface area contributed by atoms with Crippen molar-refractivity contribution in [2.24, 2.45) is 0 Å². The second-order valence-corrected chi connectivity index (χ2v) is 5.12. The minimum atomic E-state index is 0.494. The maximum absolute atomic E-state index is 5.72. The molecule has 18 heavy (non-hydrogen) atoms. The van der Waals surface area contributed by atoms with Gasteiger partial charge >= 0.3 is 0 Å². The Morgan fingerprint density at radius 2 is 1.94 bits per heavy atom. The number of rotatable bonds is 6. The third-order valence-electron chi connectivity index (χ3n) is 3.68. The van der Waals surface area contributed by atoms with Crippen molar-refractivity contribution in [2.75, 3.05) is 13.2 Å². The first-order valence-electron chi connectivity index (χ1n) is 7.28. The summed E-state index contributed by atoms with van der Waals surface area (Å²) >= 11 is 0. The molecule has 0 saturated carbocycles. The zero-order valence-electron chi connectivity index (χ0n) is 11.5. The number of hydrogen-bond donors (Lipinski definition) is 1. The van der Waals surface area contributed by atoms with Gasteiger partial charge in [-0.15, -0.1) is 0 Å². The van der Waals surface area contributed by atoms with Crippen LogP contribution in [-0.4, -0.2) is 19.3 Å².